The van der Waals surface area contributed by atoms with Crippen molar-refractivity contribution in [1.29, 1.82) is 0 Å². The third kappa shape index (κ3) is 3.35. The molecule has 3 heterocycles. The summed E-state index contributed by atoms with van der Waals surface area (Å²) in [4.78, 5) is 12.9. The SMILES string of the molecule is COc1cc2c(cc1CNC(=O)[C@H]1CCO[C@@H]1c1cnn(C)c1C)O[C@@H](C)C2. The first-order valence-corrected chi connectivity index (χ1v) is 9.72. The second-order valence-electron chi connectivity index (χ2n) is 7.62. The van der Waals surface area contributed by atoms with Gasteiger partial charge in [-0.25, -0.2) is 0 Å². The number of benzene rings is 1. The van der Waals surface area contributed by atoms with E-state index in [2.05, 4.69) is 17.3 Å². The molecule has 1 saturated heterocycles. The number of nitrogens with zero attached hydrogens (tertiary/aromatic N) is 2. The monoisotopic (exact) mass is 385 g/mol. The Labute approximate surface area is 165 Å². The molecule has 7 nitrogen and oxygen atoms in total. The molecule has 3 atom stereocenters. The zero-order valence-electron chi connectivity index (χ0n) is 16.8. The van der Waals surface area contributed by atoms with E-state index in [0.29, 0.717) is 19.6 Å². The van der Waals surface area contributed by atoms with Crippen LogP contribution in [0.1, 0.15) is 41.8 Å². The van der Waals surface area contributed by atoms with Crippen LogP contribution in [-0.4, -0.2) is 35.5 Å². The van der Waals surface area contributed by atoms with Crippen molar-refractivity contribution in [2.45, 2.75) is 45.4 Å². The van der Waals surface area contributed by atoms with Crippen molar-refractivity contribution in [1.82, 2.24) is 15.1 Å². The molecule has 28 heavy (non-hydrogen) atoms. The highest BCUT2D eigenvalue weighted by Gasteiger charge is 2.37. The summed E-state index contributed by atoms with van der Waals surface area (Å²) in [7, 11) is 3.55. The zero-order valence-corrected chi connectivity index (χ0v) is 16.8. The summed E-state index contributed by atoms with van der Waals surface area (Å²) in [5.41, 5.74) is 4.07. The van der Waals surface area contributed by atoms with Crippen molar-refractivity contribution in [3.63, 3.8) is 0 Å². The van der Waals surface area contributed by atoms with Crippen LogP contribution in [0, 0.1) is 12.8 Å². The zero-order chi connectivity index (χ0) is 19.8. The first kappa shape index (κ1) is 18.8. The highest BCUT2D eigenvalue weighted by Crippen LogP contribution is 2.37. The van der Waals surface area contributed by atoms with Crippen LogP contribution in [0.3, 0.4) is 0 Å². The molecule has 1 aromatic heterocycles. The quantitative estimate of drug-likeness (QED) is 0.856. The minimum absolute atomic E-state index is 0.0115. The molecule has 0 unspecified atom stereocenters. The van der Waals surface area contributed by atoms with Crippen LogP contribution in [0.4, 0.5) is 0 Å². The molecule has 2 aromatic rings. The summed E-state index contributed by atoms with van der Waals surface area (Å²) >= 11 is 0. The van der Waals surface area contributed by atoms with Crippen molar-refractivity contribution < 1.29 is 19.0 Å². The Morgan fingerprint density at radius 2 is 2.25 bits per heavy atom. The number of aryl methyl sites for hydroxylation is 1. The van der Waals surface area contributed by atoms with E-state index in [1.54, 1.807) is 13.3 Å². The van der Waals surface area contributed by atoms with E-state index < -0.39 is 0 Å². The number of aromatic nitrogens is 2. The summed E-state index contributed by atoms with van der Waals surface area (Å²) in [6.07, 6.45) is 3.30. The van der Waals surface area contributed by atoms with Gasteiger partial charge in [0.25, 0.3) is 0 Å². The van der Waals surface area contributed by atoms with Crippen molar-refractivity contribution in [3.8, 4) is 11.5 Å². The third-order valence-electron chi connectivity index (χ3n) is 5.76. The molecule has 0 spiro atoms. The minimum atomic E-state index is -0.250. The number of rotatable bonds is 5. The van der Waals surface area contributed by atoms with Gasteiger partial charge in [-0.05, 0) is 32.4 Å². The average molecular weight is 385 g/mol. The molecule has 0 saturated carbocycles. The van der Waals surface area contributed by atoms with Crippen molar-refractivity contribution in [3.05, 3.63) is 40.7 Å². The highest BCUT2D eigenvalue weighted by molar-refractivity contribution is 5.80. The van der Waals surface area contributed by atoms with Gasteiger partial charge in [0.15, 0.2) is 0 Å². The van der Waals surface area contributed by atoms with Gasteiger partial charge < -0.3 is 19.5 Å². The van der Waals surface area contributed by atoms with Gasteiger partial charge in [-0.15, -0.1) is 0 Å². The molecule has 1 fully saturated rings. The summed E-state index contributed by atoms with van der Waals surface area (Å²) in [5.74, 6) is 1.42. The van der Waals surface area contributed by atoms with Gasteiger partial charge in [-0.3, -0.25) is 9.48 Å². The minimum Gasteiger partial charge on any atom is -0.496 e. The van der Waals surface area contributed by atoms with Crippen LogP contribution in [0.5, 0.6) is 11.5 Å². The fraction of sp³-hybridized carbons (Fsp3) is 0.524. The summed E-state index contributed by atoms with van der Waals surface area (Å²) in [5, 5.41) is 7.35. The largest absolute Gasteiger partial charge is 0.496 e. The first-order valence-electron chi connectivity index (χ1n) is 9.72. The van der Waals surface area contributed by atoms with E-state index in [4.69, 9.17) is 14.2 Å². The van der Waals surface area contributed by atoms with Crippen LogP contribution in [0.15, 0.2) is 18.3 Å². The molecule has 1 N–H and O–H groups in total. The maximum absolute atomic E-state index is 12.9. The molecule has 0 bridgehead atoms. The molecule has 0 aliphatic carbocycles. The molecule has 150 valence electrons. The standard InChI is InChI=1S/C21H27N3O4/c1-12-7-14-8-18(26-4)15(9-19(14)28-12)10-22-21(25)16-5-6-27-20(16)17-11-23-24(3)13(17)2/h8-9,11-12,16,20H,5-7,10H2,1-4H3,(H,22,25)/t12-,16-,20-/m0/s1. The van der Waals surface area contributed by atoms with Crippen LogP contribution < -0.4 is 14.8 Å². The first-order chi connectivity index (χ1) is 13.5. The lowest BCUT2D eigenvalue weighted by Gasteiger charge is -2.19. The maximum Gasteiger partial charge on any atom is 0.226 e. The molecule has 7 heteroatoms. The van der Waals surface area contributed by atoms with Crippen LogP contribution >= 0.6 is 0 Å². The number of amides is 1. The Hall–Kier alpha value is -2.54. The number of hydrogen-bond acceptors (Lipinski definition) is 5. The normalized spacial score (nSPS) is 23.4. The van der Waals surface area contributed by atoms with Crippen molar-refractivity contribution in [2.24, 2.45) is 13.0 Å². The van der Waals surface area contributed by atoms with Crippen LogP contribution in [0.2, 0.25) is 0 Å². The molecule has 2 aliphatic heterocycles. The van der Waals surface area contributed by atoms with Crippen molar-refractivity contribution in [2.75, 3.05) is 13.7 Å². The molecule has 0 radical (unpaired) electrons. The fourth-order valence-corrected chi connectivity index (χ4v) is 4.08. The smallest absolute Gasteiger partial charge is 0.226 e. The van der Waals surface area contributed by atoms with E-state index in [1.165, 1.54) is 0 Å². The van der Waals surface area contributed by atoms with Gasteiger partial charge in [-0.2, -0.15) is 5.10 Å². The predicted molar refractivity (Wildman–Crippen MR) is 103 cm³/mol. The van der Waals surface area contributed by atoms with Gasteiger partial charge in [0, 0.05) is 49.0 Å². The summed E-state index contributed by atoms with van der Waals surface area (Å²) in [6, 6.07) is 3.99. The lowest BCUT2D eigenvalue weighted by atomic mass is 9.94. The van der Waals surface area contributed by atoms with Gasteiger partial charge in [0.2, 0.25) is 5.91 Å². The molecule has 4 rings (SSSR count). The number of carbonyl (C=O) groups excluding carboxylic acids is 1. The highest BCUT2D eigenvalue weighted by atomic mass is 16.5. The van der Waals surface area contributed by atoms with E-state index in [0.717, 1.165) is 40.3 Å². The number of hydrogen-bond donors (Lipinski definition) is 1. The Balaban J connectivity index is 1.47. The Kier molecular flexibility index (Phi) is 5.02. The number of nitrogens with one attached hydrogen (secondary N) is 1. The number of ether oxygens (including phenoxy) is 3. The lowest BCUT2D eigenvalue weighted by molar-refractivity contribution is -0.127. The topological polar surface area (TPSA) is 74.6 Å². The number of fused-ring (bicyclic) bond motifs is 1. The van der Waals surface area contributed by atoms with E-state index in [9.17, 15) is 4.79 Å². The Morgan fingerprint density at radius 3 is 2.96 bits per heavy atom. The molecular formula is C21H27N3O4. The van der Waals surface area contributed by atoms with Gasteiger partial charge in [-0.1, -0.05) is 0 Å². The molecule has 1 aromatic carbocycles. The fourth-order valence-electron chi connectivity index (χ4n) is 4.08. The van der Waals surface area contributed by atoms with Gasteiger partial charge in [0.05, 0.1) is 25.3 Å². The summed E-state index contributed by atoms with van der Waals surface area (Å²) in [6.45, 7) is 5.01. The number of carbonyl (C=O) groups is 1. The number of methoxy groups -OCH3 is 1. The van der Waals surface area contributed by atoms with E-state index >= 15 is 0 Å². The van der Waals surface area contributed by atoms with Gasteiger partial charge >= 0.3 is 0 Å². The van der Waals surface area contributed by atoms with Crippen molar-refractivity contribution >= 4 is 5.91 Å². The third-order valence-corrected chi connectivity index (χ3v) is 5.76. The lowest BCUT2D eigenvalue weighted by Crippen LogP contribution is -2.32. The van der Waals surface area contributed by atoms with Crippen LogP contribution in [-0.2, 0) is 29.5 Å². The van der Waals surface area contributed by atoms with E-state index in [-0.39, 0.29) is 24.0 Å². The predicted octanol–water partition coefficient (Wildman–Crippen LogP) is 2.45. The van der Waals surface area contributed by atoms with Gasteiger partial charge in [0.1, 0.15) is 17.6 Å². The Bertz CT molecular complexity index is 892. The average Bonchev–Trinajstić information content (AvgIpc) is 3.37. The Morgan fingerprint density at radius 1 is 1.43 bits per heavy atom. The second-order valence-corrected chi connectivity index (χ2v) is 7.62. The summed E-state index contributed by atoms with van der Waals surface area (Å²) < 4.78 is 19.1. The molecular weight excluding hydrogens is 358 g/mol. The molecule has 1 amide bonds. The maximum atomic E-state index is 12.9. The second kappa shape index (κ2) is 7.47. The van der Waals surface area contributed by atoms with E-state index in [1.807, 2.05) is 30.8 Å². The van der Waals surface area contributed by atoms with Crippen LogP contribution in [0.25, 0.3) is 0 Å². The molecule has 2 aliphatic rings.